The number of nitrogens with zero attached hydrogens (tertiary/aromatic N) is 1. The average molecular weight is 194 g/mol. The van der Waals surface area contributed by atoms with E-state index in [9.17, 15) is 0 Å². The number of anilines is 1. The SMILES string of the molecule is Cc1sc(N)c(C#N)c1CC(C)C. The summed E-state index contributed by atoms with van der Waals surface area (Å²) >= 11 is 1.52. The van der Waals surface area contributed by atoms with Gasteiger partial charge in [0.25, 0.3) is 0 Å². The van der Waals surface area contributed by atoms with Crippen LogP contribution in [0.5, 0.6) is 0 Å². The van der Waals surface area contributed by atoms with Crippen molar-refractivity contribution in [2.75, 3.05) is 5.73 Å². The molecule has 0 spiro atoms. The van der Waals surface area contributed by atoms with Crippen molar-refractivity contribution >= 4 is 16.3 Å². The van der Waals surface area contributed by atoms with E-state index in [1.54, 1.807) is 0 Å². The predicted octanol–water partition coefficient (Wildman–Crippen LogP) is 2.71. The van der Waals surface area contributed by atoms with E-state index in [1.807, 2.05) is 6.92 Å². The zero-order valence-electron chi connectivity index (χ0n) is 8.22. The van der Waals surface area contributed by atoms with Gasteiger partial charge in [-0.3, -0.25) is 0 Å². The molecule has 1 rings (SSSR count). The zero-order chi connectivity index (χ0) is 10.0. The molecule has 3 heteroatoms. The van der Waals surface area contributed by atoms with Gasteiger partial charge in [0, 0.05) is 4.88 Å². The highest BCUT2D eigenvalue weighted by Gasteiger charge is 2.13. The lowest BCUT2D eigenvalue weighted by molar-refractivity contribution is 0.646. The van der Waals surface area contributed by atoms with Gasteiger partial charge < -0.3 is 5.73 Å². The van der Waals surface area contributed by atoms with Crippen LogP contribution in [-0.2, 0) is 6.42 Å². The normalized spacial score (nSPS) is 10.4. The van der Waals surface area contributed by atoms with Crippen molar-refractivity contribution in [2.24, 2.45) is 5.92 Å². The van der Waals surface area contributed by atoms with Gasteiger partial charge in [-0.25, -0.2) is 0 Å². The number of nitriles is 1. The summed E-state index contributed by atoms with van der Waals surface area (Å²) in [7, 11) is 0. The summed E-state index contributed by atoms with van der Waals surface area (Å²) in [5.74, 6) is 0.569. The van der Waals surface area contributed by atoms with E-state index in [2.05, 4.69) is 19.9 Å². The van der Waals surface area contributed by atoms with E-state index in [0.29, 0.717) is 16.5 Å². The molecule has 70 valence electrons. The second-order valence-electron chi connectivity index (χ2n) is 3.59. The van der Waals surface area contributed by atoms with Gasteiger partial charge in [-0.15, -0.1) is 11.3 Å². The molecule has 13 heavy (non-hydrogen) atoms. The van der Waals surface area contributed by atoms with E-state index in [-0.39, 0.29) is 0 Å². The Morgan fingerprint density at radius 2 is 2.15 bits per heavy atom. The Morgan fingerprint density at radius 3 is 2.62 bits per heavy atom. The van der Waals surface area contributed by atoms with Crippen LogP contribution in [0, 0.1) is 24.2 Å². The third-order valence-electron chi connectivity index (χ3n) is 1.96. The Labute approximate surface area is 83.0 Å². The maximum absolute atomic E-state index is 8.90. The molecular weight excluding hydrogens is 180 g/mol. The highest BCUT2D eigenvalue weighted by Crippen LogP contribution is 2.31. The quantitative estimate of drug-likeness (QED) is 0.787. The second kappa shape index (κ2) is 3.80. The van der Waals surface area contributed by atoms with Crippen molar-refractivity contribution in [2.45, 2.75) is 27.2 Å². The van der Waals surface area contributed by atoms with Gasteiger partial charge in [-0.2, -0.15) is 5.26 Å². The van der Waals surface area contributed by atoms with E-state index in [0.717, 1.165) is 12.0 Å². The first-order valence-corrected chi connectivity index (χ1v) is 5.15. The fourth-order valence-corrected chi connectivity index (χ4v) is 2.29. The van der Waals surface area contributed by atoms with E-state index < -0.39 is 0 Å². The van der Waals surface area contributed by atoms with Gasteiger partial charge in [-0.1, -0.05) is 13.8 Å². The Hall–Kier alpha value is -1.01. The molecule has 1 aromatic heterocycles. The van der Waals surface area contributed by atoms with Crippen molar-refractivity contribution in [1.29, 1.82) is 5.26 Å². The molecule has 0 radical (unpaired) electrons. The fourth-order valence-electron chi connectivity index (χ4n) is 1.38. The molecule has 0 aromatic carbocycles. The van der Waals surface area contributed by atoms with Crippen molar-refractivity contribution < 1.29 is 0 Å². The third-order valence-corrected chi connectivity index (χ3v) is 2.94. The lowest BCUT2D eigenvalue weighted by Gasteiger charge is -2.04. The smallest absolute Gasteiger partial charge is 0.104 e. The van der Waals surface area contributed by atoms with Crippen LogP contribution in [0.4, 0.5) is 5.00 Å². The molecular formula is C10H14N2S. The minimum absolute atomic E-state index is 0.569. The molecule has 0 aliphatic heterocycles. The molecule has 0 fully saturated rings. The van der Waals surface area contributed by atoms with Gasteiger partial charge in [0.2, 0.25) is 0 Å². The minimum Gasteiger partial charge on any atom is -0.389 e. The summed E-state index contributed by atoms with van der Waals surface area (Å²) in [6, 6.07) is 2.18. The molecule has 1 heterocycles. The topological polar surface area (TPSA) is 49.8 Å². The first-order chi connectivity index (χ1) is 6.06. The molecule has 2 nitrogen and oxygen atoms in total. The van der Waals surface area contributed by atoms with Crippen LogP contribution in [0.15, 0.2) is 0 Å². The molecule has 0 bridgehead atoms. The maximum atomic E-state index is 8.90. The highest BCUT2D eigenvalue weighted by atomic mass is 32.1. The van der Waals surface area contributed by atoms with Crippen LogP contribution < -0.4 is 5.73 Å². The Kier molecular flexibility index (Phi) is 2.94. The van der Waals surface area contributed by atoms with Crippen LogP contribution in [0.25, 0.3) is 0 Å². The van der Waals surface area contributed by atoms with Crippen molar-refractivity contribution in [3.05, 3.63) is 16.0 Å². The number of nitrogen functional groups attached to an aromatic ring is 1. The maximum Gasteiger partial charge on any atom is 0.104 e. The van der Waals surface area contributed by atoms with Crippen LogP contribution in [-0.4, -0.2) is 0 Å². The average Bonchev–Trinajstić information content (AvgIpc) is 2.26. The van der Waals surface area contributed by atoms with Crippen LogP contribution in [0.1, 0.15) is 29.9 Å². The highest BCUT2D eigenvalue weighted by molar-refractivity contribution is 7.16. The Bertz CT molecular complexity index is 345. The Morgan fingerprint density at radius 1 is 1.54 bits per heavy atom. The van der Waals surface area contributed by atoms with Gasteiger partial charge in [0.05, 0.1) is 5.56 Å². The molecule has 0 amide bonds. The first kappa shape index (κ1) is 10.1. The lowest BCUT2D eigenvalue weighted by Crippen LogP contribution is -1.97. The monoisotopic (exact) mass is 194 g/mol. The summed E-state index contributed by atoms with van der Waals surface area (Å²) < 4.78 is 0. The third kappa shape index (κ3) is 2.02. The van der Waals surface area contributed by atoms with E-state index in [1.165, 1.54) is 16.2 Å². The Balaban J connectivity index is 3.12. The fraction of sp³-hybridized carbons (Fsp3) is 0.500. The number of thiophene rings is 1. The largest absolute Gasteiger partial charge is 0.389 e. The van der Waals surface area contributed by atoms with Gasteiger partial charge in [0.1, 0.15) is 11.1 Å². The number of hydrogen-bond acceptors (Lipinski definition) is 3. The van der Waals surface area contributed by atoms with Gasteiger partial charge in [0.15, 0.2) is 0 Å². The number of aryl methyl sites for hydroxylation is 1. The van der Waals surface area contributed by atoms with Crippen LogP contribution in [0.2, 0.25) is 0 Å². The van der Waals surface area contributed by atoms with Crippen molar-refractivity contribution in [3.63, 3.8) is 0 Å². The summed E-state index contributed by atoms with van der Waals surface area (Å²) in [5, 5.41) is 9.56. The number of nitrogens with two attached hydrogens (primary N) is 1. The number of rotatable bonds is 2. The van der Waals surface area contributed by atoms with Crippen LogP contribution in [0.3, 0.4) is 0 Å². The van der Waals surface area contributed by atoms with Gasteiger partial charge in [-0.05, 0) is 24.8 Å². The standard InChI is InChI=1S/C10H14N2S/c1-6(2)4-8-7(3)13-10(12)9(8)5-11/h6H,4,12H2,1-3H3. The summed E-state index contributed by atoms with van der Waals surface area (Å²) in [6.45, 7) is 6.32. The molecule has 0 atom stereocenters. The molecule has 0 unspecified atom stereocenters. The van der Waals surface area contributed by atoms with Crippen molar-refractivity contribution in [1.82, 2.24) is 0 Å². The zero-order valence-corrected chi connectivity index (χ0v) is 9.03. The van der Waals surface area contributed by atoms with E-state index >= 15 is 0 Å². The summed E-state index contributed by atoms with van der Waals surface area (Å²) in [5.41, 5.74) is 7.55. The summed E-state index contributed by atoms with van der Waals surface area (Å²) in [4.78, 5) is 1.18. The lowest BCUT2D eigenvalue weighted by atomic mass is 10.0. The molecule has 0 saturated heterocycles. The molecule has 0 aliphatic rings. The van der Waals surface area contributed by atoms with Gasteiger partial charge >= 0.3 is 0 Å². The molecule has 1 aromatic rings. The minimum atomic E-state index is 0.569. The van der Waals surface area contributed by atoms with E-state index in [4.69, 9.17) is 11.0 Å². The summed E-state index contributed by atoms with van der Waals surface area (Å²) in [6.07, 6.45) is 0.947. The van der Waals surface area contributed by atoms with Crippen molar-refractivity contribution in [3.8, 4) is 6.07 Å². The van der Waals surface area contributed by atoms with Crippen LogP contribution >= 0.6 is 11.3 Å². The molecule has 0 aliphatic carbocycles. The number of hydrogen-bond donors (Lipinski definition) is 1. The molecule has 2 N–H and O–H groups in total. The first-order valence-electron chi connectivity index (χ1n) is 4.34. The molecule has 0 saturated carbocycles. The second-order valence-corrected chi connectivity index (χ2v) is 4.84. The predicted molar refractivity (Wildman–Crippen MR) is 56.7 cm³/mol.